The van der Waals surface area contributed by atoms with Crippen LogP contribution in [0, 0.1) is 0 Å². The number of amides is 1. The van der Waals surface area contributed by atoms with Gasteiger partial charge in [0.05, 0.1) is 13.4 Å². The van der Waals surface area contributed by atoms with Gasteiger partial charge in [0.2, 0.25) is 5.91 Å². The average Bonchev–Trinajstić information content (AvgIpc) is 3.03. The standard InChI is InChI=1S/C10H16N4O3.2C2H6/c1-17-10(16)8(14-9(15)2-3-11)4-7-5-12-6-13-7;2*1-2/h5-6,8H,2-4,11H2,1H3,(H,12,13)(H,14,15);2*1-2H3/t8-;;/m0../s1. The van der Waals surface area contributed by atoms with Gasteiger partial charge in [0.1, 0.15) is 6.04 Å². The number of nitrogens with one attached hydrogen (secondary N) is 2. The number of rotatable bonds is 6. The molecule has 1 amide bonds. The normalized spacial score (nSPS) is 10.2. The number of aromatic nitrogens is 2. The van der Waals surface area contributed by atoms with Gasteiger partial charge in [-0.25, -0.2) is 9.78 Å². The van der Waals surface area contributed by atoms with E-state index in [1.165, 1.54) is 13.4 Å². The topological polar surface area (TPSA) is 110 Å². The molecule has 7 nitrogen and oxygen atoms in total. The lowest BCUT2D eigenvalue weighted by Gasteiger charge is -2.15. The van der Waals surface area contributed by atoms with E-state index in [2.05, 4.69) is 20.0 Å². The Kier molecular flexibility index (Phi) is 14.8. The van der Waals surface area contributed by atoms with Crippen LogP contribution in [0.4, 0.5) is 0 Å². The van der Waals surface area contributed by atoms with Gasteiger partial charge < -0.3 is 20.8 Å². The van der Waals surface area contributed by atoms with Gasteiger partial charge in [-0.2, -0.15) is 0 Å². The molecule has 4 N–H and O–H groups in total. The van der Waals surface area contributed by atoms with Gasteiger partial charge >= 0.3 is 5.97 Å². The number of methoxy groups -OCH3 is 1. The summed E-state index contributed by atoms with van der Waals surface area (Å²) in [7, 11) is 1.28. The Morgan fingerprint density at radius 2 is 2.00 bits per heavy atom. The molecule has 7 heteroatoms. The number of carbonyl (C=O) groups is 2. The van der Waals surface area contributed by atoms with Crippen molar-refractivity contribution in [3.63, 3.8) is 0 Å². The number of esters is 1. The quantitative estimate of drug-likeness (QED) is 0.679. The number of nitrogens with zero attached hydrogens (tertiary/aromatic N) is 1. The molecule has 0 aliphatic heterocycles. The van der Waals surface area contributed by atoms with Gasteiger partial charge in [-0.05, 0) is 0 Å². The highest BCUT2D eigenvalue weighted by Crippen LogP contribution is 2.00. The highest BCUT2D eigenvalue weighted by Gasteiger charge is 2.22. The number of nitrogens with two attached hydrogens (primary N) is 1. The number of hydrogen-bond donors (Lipinski definition) is 3. The molecule has 1 aromatic rings. The van der Waals surface area contributed by atoms with Crippen molar-refractivity contribution < 1.29 is 14.3 Å². The predicted octanol–water partition coefficient (Wildman–Crippen LogP) is 1.01. The first-order chi connectivity index (χ1) is 10.2. The fraction of sp³-hybridized carbons (Fsp3) is 0.643. The molecule has 0 fully saturated rings. The molecule has 0 bridgehead atoms. The second kappa shape index (κ2) is 14.5. The molecule has 0 aliphatic carbocycles. The molecule has 0 unspecified atom stereocenters. The zero-order valence-electron chi connectivity index (χ0n) is 13.6. The van der Waals surface area contributed by atoms with E-state index in [1.54, 1.807) is 6.20 Å². The molecule has 0 spiro atoms. The molecule has 0 radical (unpaired) electrons. The number of hydrogen-bond acceptors (Lipinski definition) is 5. The monoisotopic (exact) mass is 300 g/mol. The van der Waals surface area contributed by atoms with E-state index < -0.39 is 12.0 Å². The third kappa shape index (κ3) is 9.61. The van der Waals surface area contributed by atoms with Crippen LogP contribution in [-0.4, -0.2) is 41.5 Å². The SMILES string of the molecule is CC.CC.COC(=O)[C@H](Cc1cnc[nH]1)NC(=O)CCN. The first-order valence-corrected chi connectivity index (χ1v) is 7.22. The van der Waals surface area contributed by atoms with Crippen molar-refractivity contribution in [3.8, 4) is 0 Å². The van der Waals surface area contributed by atoms with Crippen molar-refractivity contribution >= 4 is 11.9 Å². The molecule has 122 valence electrons. The summed E-state index contributed by atoms with van der Waals surface area (Å²) < 4.78 is 4.62. The van der Waals surface area contributed by atoms with Gasteiger partial charge in [-0.3, -0.25) is 4.79 Å². The molecule has 21 heavy (non-hydrogen) atoms. The van der Waals surface area contributed by atoms with E-state index >= 15 is 0 Å². The summed E-state index contributed by atoms with van der Waals surface area (Å²) in [5, 5.41) is 2.57. The summed E-state index contributed by atoms with van der Waals surface area (Å²) in [6.07, 6.45) is 3.58. The minimum Gasteiger partial charge on any atom is -0.467 e. The zero-order chi connectivity index (χ0) is 16.7. The Labute approximate surface area is 126 Å². The van der Waals surface area contributed by atoms with Crippen LogP contribution < -0.4 is 11.1 Å². The summed E-state index contributed by atoms with van der Waals surface area (Å²) >= 11 is 0. The summed E-state index contributed by atoms with van der Waals surface area (Å²) in [6.45, 7) is 8.24. The maximum Gasteiger partial charge on any atom is 0.328 e. The van der Waals surface area contributed by atoms with E-state index in [1.807, 2.05) is 27.7 Å². The van der Waals surface area contributed by atoms with Crippen LogP contribution in [-0.2, 0) is 20.7 Å². The molecule has 1 heterocycles. The van der Waals surface area contributed by atoms with Crippen LogP contribution in [0.2, 0.25) is 0 Å². The average molecular weight is 300 g/mol. The van der Waals surface area contributed by atoms with Gasteiger partial charge in [-0.1, -0.05) is 27.7 Å². The molecule has 0 aliphatic rings. The van der Waals surface area contributed by atoms with Crippen molar-refractivity contribution in [1.82, 2.24) is 15.3 Å². The minimum atomic E-state index is -0.723. The van der Waals surface area contributed by atoms with Gasteiger partial charge in [0, 0.05) is 31.3 Å². The van der Waals surface area contributed by atoms with Crippen LogP contribution in [0.5, 0.6) is 0 Å². The van der Waals surface area contributed by atoms with Crippen LogP contribution in [0.3, 0.4) is 0 Å². The molecule has 1 aromatic heterocycles. The van der Waals surface area contributed by atoms with Crippen LogP contribution >= 0.6 is 0 Å². The fourth-order valence-electron chi connectivity index (χ4n) is 1.35. The van der Waals surface area contributed by atoms with E-state index in [0.29, 0.717) is 6.42 Å². The highest BCUT2D eigenvalue weighted by atomic mass is 16.5. The minimum absolute atomic E-state index is 0.177. The predicted molar refractivity (Wildman–Crippen MR) is 82.6 cm³/mol. The molecular formula is C14H28N4O3. The van der Waals surface area contributed by atoms with Crippen molar-refractivity contribution in [2.45, 2.75) is 46.6 Å². The van der Waals surface area contributed by atoms with Gasteiger partial charge in [-0.15, -0.1) is 0 Å². The van der Waals surface area contributed by atoms with Crippen LogP contribution in [0.15, 0.2) is 12.5 Å². The smallest absolute Gasteiger partial charge is 0.328 e. The van der Waals surface area contributed by atoms with Crippen molar-refractivity contribution in [1.29, 1.82) is 0 Å². The Balaban J connectivity index is 0. The van der Waals surface area contributed by atoms with E-state index in [0.717, 1.165) is 5.69 Å². The second-order valence-corrected chi connectivity index (χ2v) is 3.46. The zero-order valence-corrected chi connectivity index (χ0v) is 13.6. The van der Waals surface area contributed by atoms with E-state index in [4.69, 9.17) is 5.73 Å². The fourth-order valence-corrected chi connectivity index (χ4v) is 1.35. The van der Waals surface area contributed by atoms with Gasteiger partial charge in [0.15, 0.2) is 0 Å². The molecular weight excluding hydrogens is 272 g/mol. The summed E-state index contributed by atoms with van der Waals surface area (Å²) in [5.74, 6) is -0.771. The Morgan fingerprint density at radius 3 is 2.43 bits per heavy atom. The number of H-pyrrole nitrogens is 1. The third-order valence-electron chi connectivity index (χ3n) is 2.17. The van der Waals surface area contributed by atoms with Crippen molar-refractivity contribution in [3.05, 3.63) is 18.2 Å². The first-order valence-electron chi connectivity index (χ1n) is 7.22. The number of imidazole rings is 1. The lowest BCUT2D eigenvalue weighted by Crippen LogP contribution is -2.43. The Bertz CT molecular complexity index is 366. The second-order valence-electron chi connectivity index (χ2n) is 3.46. The Morgan fingerprint density at radius 1 is 1.38 bits per heavy atom. The molecule has 1 atom stereocenters. The van der Waals surface area contributed by atoms with Crippen LogP contribution in [0.1, 0.15) is 39.8 Å². The maximum absolute atomic E-state index is 11.5. The van der Waals surface area contributed by atoms with E-state index in [-0.39, 0.29) is 18.9 Å². The first kappa shape index (κ1) is 21.4. The third-order valence-corrected chi connectivity index (χ3v) is 2.17. The molecule has 0 aromatic carbocycles. The molecule has 0 saturated heterocycles. The van der Waals surface area contributed by atoms with Crippen molar-refractivity contribution in [2.24, 2.45) is 5.73 Å². The lowest BCUT2D eigenvalue weighted by molar-refractivity contribution is -0.145. The maximum atomic E-state index is 11.5. The summed E-state index contributed by atoms with van der Waals surface area (Å²) in [5.41, 5.74) is 6.00. The van der Waals surface area contributed by atoms with E-state index in [9.17, 15) is 9.59 Å². The summed E-state index contributed by atoms with van der Waals surface area (Å²) in [4.78, 5) is 29.5. The highest BCUT2D eigenvalue weighted by molar-refractivity contribution is 5.84. The number of ether oxygens (including phenoxy) is 1. The summed E-state index contributed by atoms with van der Waals surface area (Å²) in [6, 6.07) is -0.723. The molecule has 0 saturated carbocycles. The van der Waals surface area contributed by atoms with Crippen molar-refractivity contribution in [2.75, 3.05) is 13.7 Å². The van der Waals surface area contributed by atoms with Gasteiger partial charge in [0.25, 0.3) is 0 Å². The molecule has 1 rings (SSSR count). The number of carbonyl (C=O) groups excluding carboxylic acids is 2. The number of aromatic amines is 1. The van der Waals surface area contributed by atoms with Crippen LogP contribution in [0.25, 0.3) is 0 Å². The largest absolute Gasteiger partial charge is 0.467 e. The lowest BCUT2D eigenvalue weighted by atomic mass is 10.1. The Hall–Kier alpha value is -1.89.